The van der Waals surface area contributed by atoms with E-state index in [2.05, 4.69) is 16.1 Å². The molecule has 0 bridgehead atoms. The van der Waals surface area contributed by atoms with E-state index in [4.69, 9.17) is 11.6 Å². The molecule has 0 aromatic carbocycles. The fourth-order valence-corrected chi connectivity index (χ4v) is 2.19. The first-order valence-electron chi connectivity index (χ1n) is 5.86. The van der Waals surface area contributed by atoms with Crippen molar-refractivity contribution >= 4 is 11.6 Å². The van der Waals surface area contributed by atoms with E-state index in [9.17, 15) is 0 Å². The lowest BCUT2D eigenvalue weighted by atomic mass is 10.2. The van der Waals surface area contributed by atoms with Crippen molar-refractivity contribution in [1.82, 2.24) is 14.8 Å². The molecule has 2 aromatic rings. The van der Waals surface area contributed by atoms with Gasteiger partial charge in [-0.05, 0) is 37.5 Å². The molecule has 1 saturated carbocycles. The molecule has 0 unspecified atom stereocenters. The van der Waals surface area contributed by atoms with Crippen LogP contribution in [0.1, 0.15) is 35.7 Å². The molecule has 0 radical (unpaired) electrons. The summed E-state index contributed by atoms with van der Waals surface area (Å²) in [5.74, 6) is 2.05. The second-order valence-corrected chi connectivity index (χ2v) is 4.77. The van der Waals surface area contributed by atoms with Gasteiger partial charge in [-0.2, -0.15) is 5.10 Å². The Hall–Kier alpha value is -1.35. The maximum atomic E-state index is 5.82. The summed E-state index contributed by atoms with van der Waals surface area (Å²) in [6.07, 6.45) is 4.53. The molecule has 88 valence electrons. The molecule has 0 spiro atoms. The van der Waals surface area contributed by atoms with Crippen LogP contribution in [0.25, 0.3) is 5.82 Å². The third-order valence-corrected chi connectivity index (χ3v) is 3.45. The summed E-state index contributed by atoms with van der Waals surface area (Å²) in [6, 6.07) is 6.07. The van der Waals surface area contributed by atoms with Crippen LogP contribution in [0, 0.1) is 6.92 Å². The third-order valence-electron chi connectivity index (χ3n) is 3.16. The van der Waals surface area contributed by atoms with Crippen LogP contribution in [-0.2, 0) is 5.88 Å². The summed E-state index contributed by atoms with van der Waals surface area (Å²) in [7, 11) is 0. The average molecular weight is 248 g/mol. The van der Waals surface area contributed by atoms with E-state index in [1.807, 2.05) is 29.9 Å². The van der Waals surface area contributed by atoms with Crippen LogP contribution in [0.4, 0.5) is 0 Å². The molecule has 1 fully saturated rings. The molecule has 3 nitrogen and oxygen atoms in total. The van der Waals surface area contributed by atoms with Gasteiger partial charge in [0.25, 0.3) is 0 Å². The van der Waals surface area contributed by atoms with Crippen LogP contribution < -0.4 is 0 Å². The minimum absolute atomic E-state index is 0.506. The molecule has 0 atom stereocenters. The highest BCUT2D eigenvalue weighted by atomic mass is 35.5. The fraction of sp³-hybridized carbons (Fsp3) is 0.385. The van der Waals surface area contributed by atoms with Crippen LogP contribution in [0.3, 0.4) is 0 Å². The maximum Gasteiger partial charge on any atom is 0.153 e. The van der Waals surface area contributed by atoms with E-state index >= 15 is 0 Å². The van der Waals surface area contributed by atoms with Gasteiger partial charge in [0.2, 0.25) is 0 Å². The molecule has 1 aliphatic carbocycles. The molecule has 2 heterocycles. The van der Waals surface area contributed by atoms with Gasteiger partial charge in [0.1, 0.15) is 0 Å². The predicted molar refractivity (Wildman–Crippen MR) is 67.6 cm³/mol. The van der Waals surface area contributed by atoms with Gasteiger partial charge < -0.3 is 0 Å². The van der Waals surface area contributed by atoms with Crippen molar-refractivity contribution in [3.8, 4) is 5.82 Å². The molecule has 17 heavy (non-hydrogen) atoms. The molecular weight excluding hydrogens is 234 g/mol. The number of aryl methyl sites for hydroxylation is 1. The highest BCUT2D eigenvalue weighted by Gasteiger charge is 2.25. The number of pyridine rings is 1. The Balaban J connectivity index is 1.93. The lowest BCUT2D eigenvalue weighted by Crippen LogP contribution is -2.01. The van der Waals surface area contributed by atoms with Crippen LogP contribution in [0.15, 0.2) is 24.4 Å². The number of hydrogen-bond donors (Lipinski definition) is 0. The van der Waals surface area contributed by atoms with E-state index in [0.29, 0.717) is 11.8 Å². The van der Waals surface area contributed by atoms with Crippen molar-refractivity contribution in [3.63, 3.8) is 0 Å². The zero-order chi connectivity index (χ0) is 11.8. The average Bonchev–Trinajstić information content (AvgIpc) is 3.07. The predicted octanol–water partition coefficient (Wildman–Crippen LogP) is 3.19. The first kappa shape index (κ1) is 10.8. The SMILES string of the molecule is Cc1nc(-n2ccc(C3CC3)n2)ccc1CCl. The van der Waals surface area contributed by atoms with E-state index < -0.39 is 0 Å². The normalized spacial score (nSPS) is 15.2. The van der Waals surface area contributed by atoms with Crippen molar-refractivity contribution in [2.24, 2.45) is 0 Å². The number of aromatic nitrogens is 3. The van der Waals surface area contributed by atoms with Gasteiger partial charge in [0.15, 0.2) is 5.82 Å². The minimum Gasteiger partial charge on any atom is -0.234 e. The molecule has 1 aliphatic rings. The number of halogens is 1. The number of nitrogens with zero attached hydrogens (tertiary/aromatic N) is 3. The van der Waals surface area contributed by atoms with Crippen molar-refractivity contribution in [3.05, 3.63) is 41.3 Å². The minimum atomic E-state index is 0.506. The Morgan fingerprint density at radius 1 is 1.35 bits per heavy atom. The summed E-state index contributed by atoms with van der Waals surface area (Å²) in [6.45, 7) is 1.98. The van der Waals surface area contributed by atoms with Gasteiger partial charge in [-0.3, -0.25) is 0 Å². The van der Waals surface area contributed by atoms with Crippen molar-refractivity contribution < 1.29 is 0 Å². The molecule has 0 amide bonds. The zero-order valence-corrected chi connectivity index (χ0v) is 10.5. The highest BCUT2D eigenvalue weighted by molar-refractivity contribution is 6.17. The van der Waals surface area contributed by atoms with Crippen molar-refractivity contribution in [2.45, 2.75) is 31.6 Å². The van der Waals surface area contributed by atoms with Crippen LogP contribution in [0.2, 0.25) is 0 Å². The van der Waals surface area contributed by atoms with Crippen LogP contribution in [-0.4, -0.2) is 14.8 Å². The smallest absolute Gasteiger partial charge is 0.153 e. The first-order valence-corrected chi connectivity index (χ1v) is 6.40. The maximum absolute atomic E-state index is 5.82. The third kappa shape index (κ3) is 2.07. The summed E-state index contributed by atoms with van der Waals surface area (Å²) in [5, 5.41) is 4.56. The lowest BCUT2D eigenvalue weighted by molar-refractivity contribution is 0.806. The fourth-order valence-electron chi connectivity index (χ4n) is 1.91. The number of rotatable bonds is 3. The van der Waals surface area contributed by atoms with Gasteiger partial charge in [0, 0.05) is 23.7 Å². The van der Waals surface area contributed by atoms with E-state index in [1.165, 1.54) is 18.5 Å². The Labute approximate surface area is 105 Å². The van der Waals surface area contributed by atoms with Crippen molar-refractivity contribution in [2.75, 3.05) is 0 Å². The van der Waals surface area contributed by atoms with Gasteiger partial charge in [0.05, 0.1) is 5.69 Å². The van der Waals surface area contributed by atoms with E-state index in [-0.39, 0.29) is 0 Å². The molecule has 0 N–H and O–H groups in total. The standard InChI is InChI=1S/C13H14ClN3/c1-9-11(8-14)4-5-13(15-9)17-7-6-12(16-17)10-2-3-10/h4-7,10H,2-3,8H2,1H3. The number of alkyl halides is 1. The monoisotopic (exact) mass is 247 g/mol. The molecule has 0 aliphatic heterocycles. The summed E-state index contributed by atoms with van der Waals surface area (Å²) < 4.78 is 1.85. The molecule has 4 heteroatoms. The molecule has 3 rings (SSSR count). The Morgan fingerprint density at radius 3 is 2.82 bits per heavy atom. The molecular formula is C13H14ClN3. The molecule has 0 saturated heterocycles. The number of hydrogen-bond acceptors (Lipinski definition) is 2. The largest absolute Gasteiger partial charge is 0.234 e. The summed E-state index contributed by atoms with van der Waals surface area (Å²) in [5.41, 5.74) is 3.23. The zero-order valence-electron chi connectivity index (χ0n) is 9.73. The first-order chi connectivity index (χ1) is 8.28. The second-order valence-electron chi connectivity index (χ2n) is 4.51. The molecule has 2 aromatic heterocycles. The van der Waals surface area contributed by atoms with Gasteiger partial charge in [-0.1, -0.05) is 6.07 Å². The van der Waals surface area contributed by atoms with Gasteiger partial charge in [-0.25, -0.2) is 9.67 Å². The topological polar surface area (TPSA) is 30.7 Å². The van der Waals surface area contributed by atoms with Crippen LogP contribution >= 0.6 is 11.6 Å². The van der Waals surface area contributed by atoms with E-state index in [1.54, 1.807) is 0 Å². The van der Waals surface area contributed by atoms with Gasteiger partial charge >= 0.3 is 0 Å². The second kappa shape index (κ2) is 4.15. The summed E-state index contributed by atoms with van der Waals surface area (Å²) in [4.78, 5) is 4.52. The van der Waals surface area contributed by atoms with Gasteiger partial charge in [-0.15, -0.1) is 11.6 Å². The Kier molecular flexibility index (Phi) is 2.63. The Bertz CT molecular complexity index is 543. The summed E-state index contributed by atoms with van der Waals surface area (Å²) >= 11 is 5.82. The lowest BCUT2D eigenvalue weighted by Gasteiger charge is -2.05. The quantitative estimate of drug-likeness (QED) is 0.780. The highest BCUT2D eigenvalue weighted by Crippen LogP contribution is 2.38. The van der Waals surface area contributed by atoms with Crippen molar-refractivity contribution in [1.29, 1.82) is 0 Å². The van der Waals surface area contributed by atoms with E-state index in [0.717, 1.165) is 17.1 Å². The Morgan fingerprint density at radius 2 is 2.18 bits per heavy atom. The van der Waals surface area contributed by atoms with Crippen LogP contribution in [0.5, 0.6) is 0 Å².